The summed E-state index contributed by atoms with van der Waals surface area (Å²) >= 11 is 0. The molecule has 0 saturated heterocycles. The Kier molecular flexibility index (Phi) is 7.37. The maximum atomic E-state index is 11.7. The predicted molar refractivity (Wildman–Crippen MR) is 47.1 cm³/mol. The molecule has 0 fully saturated rings. The monoisotopic (exact) mass is 196 g/mol. The van der Waals surface area contributed by atoms with E-state index in [0.29, 0.717) is 6.42 Å². The molecule has 0 aromatic rings. The van der Waals surface area contributed by atoms with Crippen LogP contribution in [0, 0.1) is 0 Å². The molecule has 0 aromatic heterocycles. The summed E-state index contributed by atoms with van der Waals surface area (Å²) in [7, 11) is 0. The third-order valence-corrected chi connectivity index (χ3v) is 0.978. The molecule has 1 nitrogen and oxygen atoms in total. The summed E-state index contributed by atoms with van der Waals surface area (Å²) in [6.45, 7) is 11.6. The van der Waals surface area contributed by atoms with E-state index in [1.807, 2.05) is 13.8 Å². The van der Waals surface area contributed by atoms with Gasteiger partial charge < -0.3 is 4.74 Å². The number of ether oxygens (including phenoxy) is 1. The number of hydrogen-bond donors (Lipinski definition) is 0. The molecule has 0 unspecified atom stereocenters. The van der Waals surface area contributed by atoms with Crippen LogP contribution in [0.5, 0.6) is 0 Å². The molecule has 0 rings (SSSR count). The van der Waals surface area contributed by atoms with Gasteiger partial charge in [-0.05, 0) is 0 Å². The fourth-order valence-electron chi connectivity index (χ4n) is 0.304. The van der Waals surface area contributed by atoms with E-state index in [9.17, 15) is 13.2 Å². The summed E-state index contributed by atoms with van der Waals surface area (Å²) in [4.78, 5) is 0. The van der Waals surface area contributed by atoms with Crippen molar-refractivity contribution in [1.29, 1.82) is 0 Å². The first-order valence-corrected chi connectivity index (χ1v) is 3.99. The van der Waals surface area contributed by atoms with Crippen molar-refractivity contribution in [3.8, 4) is 0 Å². The highest BCUT2D eigenvalue weighted by molar-refractivity contribution is 4.98. The number of allylic oxidation sites excluding steroid dienone is 2. The molecule has 0 radical (unpaired) electrons. The molecule has 0 aliphatic heterocycles. The van der Waals surface area contributed by atoms with Crippen LogP contribution in [0.15, 0.2) is 24.7 Å². The zero-order chi connectivity index (χ0) is 11.1. The third-order valence-electron chi connectivity index (χ3n) is 0.978. The van der Waals surface area contributed by atoms with Gasteiger partial charge in [-0.25, -0.2) is 0 Å². The van der Waals surface area contributed by atoms with E-state index in [4.69, 9.17) is 0 Å². The van der Waals surface area contributed by atoms with Crippen LogP contribution < -0.4 is 0 Å². The van der Waals surface area contributed by atoms with Crippen molar-refractivity contribution >= 4 is 0 Å². The Morgan fingerprint density at radius 3 is 1.85 bits per heavy atom. The average Bonchev–Trinajstić information content (AvgIpc) is 2.06. The molecule has 0 amide bonds. The van der Waals surface area contributed by atoms with Crippen LogP contribution in [0.3, 0.4) is 0 Å². The molecule has 0 saturated carbocycles. The zero-order valence-corrected chi connectivity index (χ0v) is 8.16. The van der Waals surface area contributed by atoms with E-state index >= 15 is 0 Å². The van der Waals surface area contributed by atoms with Crippen LogP contribution in [0.2, 0.25) is 0 Å². The van der Waals surface area contributed by atoms with Crippen molar-refractivity contribution in [1.82, 2.24) is 0 Å². The molecular formula is C9H15F3O. The molecule has 0 aromatic carbocycles. The predicted octanol–water partition coefficient (Wildman–Crippen LogP) is 4.03. The van der Waals surface area contributed by atoms with Crippen molar-refractivity contribution in [2.24, 2.45) is 0 Å². The van der Waals surface area contributed by atoms with Gasteiger partial charge in [0, 0.05) is 6.42 Å². The number of alkyl halides is 3. The highest BCUT2D eigenvalue weighted by atomic mass is 19.4. The van der Waals surface area contributed by atoms with Gasteiger partial charge in [0.05, 0.1) is 5.76 Å². The normalized spacial score (nSPS) is 9.69. The van der Waals surface area contributed by atoms with Gasteiger partial charge in [-0.1, -0.05) is 33.9 Å². The lowest BCUT2D eigenvalue weighted by atomic mass is 10.4. The van der Waals surface area contributed by atoms with E-state index in [0.717, 1.165) is 0 Å². The Labute approximate surface area is 76.9 Å². The van der Waals surface area contributed by atoms with Gasteiger partial charge in [-0.3, -0.25) is 0 Å². The van der Waals surface area contributed by atoms with Crippen molar-refractivity contribution in [2.45, 2.75) is 33.4 Å². The Bertz CT molecular complexity index is 170. The largest absolute Gasteiger partial charge is 0.458 e. The molecule has 0 N–H and O–H groups in total. The topological polar surface area (TPSA) is 9.23 Å². The minimum Gasteiger partial charge on any atom is -0.458 e. The fraction of sp³-hybridized carbons (Fsp3) is 0.556. The molecule has 13 heavy (non-hydrogen) atoms. The quantitative estimate of drug-likeness (QED) is 0.619. The Morgan fingerprint density at radius 1 is 1.23 bits per heavy atom. The van der Waals surface area contributed by atoms with E-state index in [2.05, 4.69) is 17.9 Å². The van der Waals surface area contributed by atoms with Gasteiger partial charge in [0.1, 0.15) is 0 Å². The lowest BCUT2D eigenvalue weighted by Crippen LogP contribution is -2.12. The molecule has 0 aliphatic rings. The second-order valence-corrected chi connectivity index (χ2v) is 1.92. The lowest BCUT2D eigenvalue weighted by Gasteiger charge is -2.11. The number of halogens is 3. The Balaban J connectivity index is 0. The molecule has 0 atom stereocenters. The minimum atomic E-state index is -4.49. The molecule has 0 aliphatic carbocycles. The highest BCUT2D eigenvalue weighted by Crippen LogP contribution is 2.26. The summed E-state index contributed by atoms with van der Waals surface area (Å²) in [5.41, 5.74) is 0. The summed E-state index contributed by atoms with van der Waals surface area (Å²) < 4.78 is 39.3. The molecule has 4 heteroatoms. The molecule has 0 heterocycles. The van der Waals surface area contributed by atoms with E-state index < -0.39 is 11.9 Å². The van der Waals surface area contributed by atoms with Gasteiger partial charge in [-0.2, -0.15) is 13.2 Å². The smallest absolute Gasteiger partial charge is 0.448 e. The third kappa shape index (κ3) is 7.43. The van der Waals surface area contributed by atoms with Crippen LogP contribution >= 0.6 is 0 Å². The first kappa shape index (κ1) is 14.6. The van der Waals surface area contributed by atoms with Gasteiger partial charge in [0.15, 0.2) is 0 Å². The average molecular weight is 196 g/mol. The van der Waals surface area contributed by atoms with E-state index in [1.54, 1.807) is 6.92 Å². The van der Waals surface area contributed by atoms with Crippen LogP contribution in [0.25, 0.3) is 0 Å². The Hall–Kier alpha value is -0.930. The van der Waals surface area contributed by atoms with Gasteiger partial charge in [0.2, 0.25) is 5.76 Å². The van der Waals surface area contributed by atoms with Crippen LogP contribution in [0.1, 0.15) is 27.2 Å². The van der Waals surface area contributed by atoms with Crippen LogP contribution in [-0.4, -0.2) is 6.18 Å². The SMILES string of the molecule is C=C(CC)OC(=C)C(F)(F)F.CC. The standard InChI is InChI=1S/C7H9F3O.C2H6/c1-4-5(2)11-6(3)7(8,9)10;1-2/h2-4H2,1H3;1-2H3. The number of rotatable bonds is 3. The maximum absolute atomic E-state index is 11.7. The molecular weight excluding hydrogens is 181 g/mol. The maximum Gasteiger partial charge on any atom is 0.448 e. The lowest BCUT2D eigenvalue weighted by molar-refractivity contribution is -0.123. The first-order chi connectivity index (χ1) is 5.88. The number of hydrogen-bond acceptors (Lipinski definition) is 1. The highest BCUT2D eigenvalue weighted by Gasteiger charge is 2.34. The summed E-state index contributed by atoms with van der Waals surface area (Å²) in [6.07, 6.45) is -4.15. The molecule has 78 valence electrons. The summed E-state index contributed by atoms with van der Waals surface area (Å²) in [5, 5.41) is 0. The summed E-state index contributed by atoms with van der Waals surface area (Å²) in [6, 6.07) is 0. The minimum absolute atomic E-state index is 0.0623. The molecule has 0 spiro atoms. The summed E-state index contributed by atoms with van der Waals surface area (Å²) in [5.74, 6) is -1.16. The van der Waals surface area contributed by atoms with Crippen molar-refractivity contribution < 1.29 is 17.9 Å². The first-order valence-electron chi connectivity index (χ1n) is 3.99. The van der Waals surface area contributed by atoms with Gasteiger partial charge in [0.25, 0.3) is 0 Å². The van der Waals surface area contributed by atoms with Crippen LogP contribution in [0.4, 0.5) is 13.2 Å². The second kappa shape index (κ2) is 6.57. The van der Waals surface area contributed by atoms with Crippen molar-refractivity contribution in [2.75, 3.05) is 0 Å². The van der Waals surface area contributed by atoms with Gasteiger partial charge in [-0.15, -0.1) is 0 Å². The van der Waals surface area contributed by atoms with Crippen molar-refractivity contribution in [3.05, 3.63) is 24.7 Å². The van der Waals surface area contributed by atoms with Crippen molar-refractivity contribution in [3.63, 3.8) is 0 Å². The van der Waals surface area contributed by atoms with E-state index in [1.165, 1.54) is 0 Å². The van der Waals surface area contributed by atoms with E-state index in [-0.39, 0.29) is 5.76 Å². The second-order valence-electron chi connectivity index (χ2n) is 1.92. The van der Waals surface area contributed by atoms with Gasteiger partial charge >= 0.3 is 6.18 Å². The Morgan fingerprint density at radius 2 is 1.62 bits per heavy atom. The zero-order valence-electron chi connectivity index (χ0n) is 8.16. The van der Waals surface area contributed by atoms with Crippen LogP contribution in [-0.2, 0) is 4.74 Å². The fourth-order valence-corrected chi connectivity index (χ4v) is 0.304. The molecule has 0 bridgehead atoms.